The first-order valence-electron chi connectivity index (χ1n) is 7.34. The number of carbonyl (C=O) groups is 1. The van der Waals surface area contributed by atoms with Gasteiger partial charge in [-0.25, -0.2) is 4.98 Å². The standard InChI is InChI=1S/C17H21N3O2/c1-13-8-9-15(20-12-13)18-10-5-11-19-17(22)16(21)14-6-3-2-4-7-14/h2-4,6-9,12,16,21H,5,10-11H2,1H3,(H,18,20)(H,19,22)/t16-/m0/s1. The molecule has 5 nitrogen and oxygen atoms in total. The van der Waals surface area contributed by atoms with E-state index in [4.69, 9.17) is 0 Å². The van der Waals surface area contributed by atoms with E-state index >= 15 is 0 Å². The topological polar surface area (TPSA) is 74.2 Å². The second-order valence-corrected chi connectivity index (χ2v) is 5.11. The van der Waals surface area contributed by atoms with Gasteiger partial charge in [-0.05, 0) is 30.5 Å². The Morgan fingerprint density at radius 2 is 1.95 bits per heavy atom. The smallest absolute Gasteiger partial charge is 0.253 e. The first-order chi connectivity index (χ1) is 10.7. The Morgan fingerprint density at radius 3 is 2.64 bits per heavy atom. The maximum Gasteiger partial charge on any atom is 0.253 e. The lowest BCUT2D eigenvalue weighted by Crippen LogP contribution is -2.30. The summed E-state index contributed by atoms with van der Waals surface area (Å²) in [5, 5.41) is 15.8. The van der Waals surface area contributed by atoms with Crippen molar-refractivity contribution < 1.29 is 9.90 Å². The molecule has 3 N–H and O–H groups in total. The number of hydrogen-bond donors (Lipinski definition) is 3. The number of nitrogens with one attached hydrogen (secondary N) is 2. The molecule has 0 saturated carbocycles. The number of aliphatic hydroxyl groups excluding tert-OH is 1. The maximum atomic E-state index is 11.8. The van der Waals surface area contributed by atoms with Crippen LogP contribution in [0.25, 0.3) is 0 Å². The Bertz CT molecular complexity index is 585. The average Bonchev–Trinajstić information content (AvgIpc) is 2.56. The number of pyridine rings is 1. The zero-order valence-corrected chi connectivity index (χ0v) is 12.6. The molecule has 0 saturated heterocycles. The largest absolute Gasteiger partial charge is 0.378 e. The number of aromatic nitrogens is 1. The molecular formula is C17H21N3O2. The van der Waals surface area contributed by atoms with E-state index in [1.165, 1.54) is 0 Å². The summed E-state index contributed by atoms with van der Waals surface area (Å²) in [5.41, 5.74) is 1.72. The molecule has 0 bridgehead atoms. The van der Waals surface area contributed by atoms with Crippen molar-refractivity contribution in [1.29, 1.82) is 0 Å². The summed E-state index contributed by atoms with van der Waals surface area (Å²) in [6.07, 6.45) is 1.44. The van der Waals surface area contributed by atoms with E-state index in [1.54, 1.807) is 30.5 Å². The van der Waals surface area contributed by atoms with Crippen molar-refractivity contribution in [2.45, 2.75) is 19.4 Å². The van der Waals surface area contributed by atoms with Crippen molar-refractivity contribution in [3.63, 3.8) is 0 Å². The van der Waals surface area contributed by atoms with Crippen molar-refractivity contribution in [1.82, 2.24) is 10.3 Å². The molecule has 0 aliphatic carbocycles. The highest BCUT2D eigenvalue weighted by atomic mass is 16.3. The van der Waals surface area contributed by atoms with Gasteiger partial charge in [-0.15, -0.1) is 0 Å². The normalized spacial score (nSPS) is 11.7. The summed E-state index contributed by atoms with van der Waals surface area (Å²) in [6, 6.07) is 12.8. The number of aliphatic hydroxyl groups is 1. The van der Waals surface area contributed by atoms with Crippen LogP contribution < -0.4 is 10.6 Å². The first-order valence-corrected chi connectivity index (χ1v) is 7.34. The summed E-state index contributed by atoms with van der Waals surface area (Å²) in [7, 11) is 0. The second kappa shape index (κ2) is 8.14. The van der Waals surface area contributed by atoms with Crippen molar-refractivity contribution in [2.24, 2.45) is 0 Å². The number of benzene rings is 1. The number of amides is 1. The number of rotatable bonds is 7. The predicted octanol–water partition coefficient (Wildman–Crippen LogP) is 2.04. The lowest BCUT2D eigenvalue weighted by atomic mass is 10.1. The minimum absolute atomic E-state index is 0.375. The zero-order chi connectivity index (χ0) is 15.8. The molecule has 1 heterocycles. The Morgan fingerprint density at radius 1 is 1.18 bits per heavy atom. The van der Waals surface area contributed by atoms with Crippen LogP contribution in [0, 0.1) is 6.92 Å². The molecule has 2 rings (SSSR count). The van der Waals surface area contributed by atoms with Crippen LogP contribution in [0.2, 0.25) is 0 Å². The third kappa shape index (κ3) is 4.86. The summed E-state index contributed by atoms with van der Waals surface area (Å²) in [6.45, 7) is 3.20. The van der Waals surface area contributed by atoms with Gasteiger partial charge in [0.25, 0.3) is 5.91 Å². The molecule has 116 valence electrons. The van der Waals surface area contributed by atoms with Crippen molar-refractivity contribution in [3.8, 4) is 0 Å². The molecule has 0 radical (unpaired) electrons. The van der Waals surface area contributed by atoms with Gasteiger partial charge in [0.15, 0.2) is 6.10 Å². The van der Waals surface area contributed by atoms with E-state index < -0.39 is 6.10 Å². The molecule has 0 spiro atoms. The Kier molecular flexibility index (Phi) is 5.91. The van der Waals surface area contributed by atoms with Gasteiger partial charge in [-0.3, -0.25) is 4.79 Å². The Balaban J connectivity index is 1.66. The van der Waals surface area contributed by atoms with Crippen LogP contribution in [0.5, 0.6) is 0 Å². The Labute approximate surface area is 130 Å². The quantitative estimate of drug-likeness (QED) is 0.684. The number of hydrogen-bond acceptors (Lipinski definition) is 4. The second-order valence-electron chi connectivity index (χ2n) is 5.11. The van der Waals surface area contributed by atoms with Gasteiger partial charge >= 0.3 is 0 Å². The van der Waals surface area contributed by atoms with Gasteiger partial charge in [0.1, 0.15) is 5.82 Å². The third-order valence-electron chi connectivity index (χ3n) is 3.23. The Hall–Kier alpha value is -2.40. The lowest BCUT2D eigenvalue weighted by molar-refractivity contribution is -0.129. The van der Waals surface area contributed by atoms with Crippen LogP contribution in [-0.4, -0.2) is 29.1 Å². The summed E-state index contributed by atoms with van der Waals surface area (Å²) in [5.74, 6) is 0.445. The highest BCUT2D eigenvalue weighted by Crippen LogP contribution is 2.11. The van der Waals surface area contributed by atoms with E-state index in [2.05, 4.69) is 15.6 Å². The minimum Gasteiger partial charge on any atom is -0.378 e. The van der Waals surface area contributed by atoms with E-state index in [-0.39, 0.29) is 5.91 Å². The number of nitrogens with zero attached hydrogens (tertiary/aromatic N) is 1. The van der Waals surface area contributed by atoms with Crippen LogP contribution >= 0.6 is 0 Å². The number of aryl methyl sites for hydroxylation is 1. The maximum absolute atomic E-state index is 11.8. The van der Waals surface area contributed by atoms with Gasteiger partial charge in [0.05, 0.1) is 0 Å². The van der Waals surface area contributed by atoms with Gasteiger partial charge in [0.2, 0.25) is 0 Å². The molecule has 1 aromatic heterocycles. The molecule has 0 fully saturated rings. The molecule has 1 amide bonds. The highest BCUT2D eigenvalue weighted by molar-refractivity contribution is 5.81. The molecule has 22 heavy (non-hydrogen) atoms. The fraction of sp³-hybridized carbons (Fsp3) is 0.294. The van der Waals surface area contributed by atoms with Crippen LogP contribution in [0.1, 0.15) is 23.7 Å². The molecule has 0 aliphatic rings. The van der Waals surface area contributed by atoms with E-state index in [0.29, 0.717) is 18.7 Å². The monoisotopic (exact) mass is 299 g/mol. The van der Waals surface area contributed by atoms with E-state index in [0.717, 1.165) is 17.8 Å². The minimum atomic E-state index is -1.12. The van der Waals surface area contributed by atoms with E-state index in [1.807, 2.05) is 25.1 Å². The molecule has 5 heteroatoms. The fourth-order valence-electron chi connectivity index (χ4n) is 1.97. The summed E-state index contributed by atoms with van der Waals surface area (Å²) in [4.78, 5) is 16.1. The van der Waals surface area contributed by atoms with Crippen LogP contribution in [-0.2, 0) is 4.79 Å². The van der Waals surface area contributed by atoms with Crippen LogP contribution in [0.4, 0.5) is 5.82 Å². The predicted molar refractivity (Wildman–Crippen MR) is 86.5 cm³/mol. The van der Waals surface area contributed by atoms with E-state index in [9.17, 15) is 9.90 Å². The van der Waals surface area contributed by atoms with Gasteiger partial charge in [0, 0.05) is 19.3 Å². The van der Waals surface area contributed by atoms with Crippen molar-refractivity contribution >= 4 is 11.7 Å². The summed E-state index contributed by atoms with van der Waals surface area (Å²) >= 11 is 0. The lowest BCUT2D eigenvalue weighted by Gasteiger charge is -2.12. The molecule has 0 unspecified atom stereocenters. The summed E-state index contributed by atoms with van der Waals surface area (Å²) < 4.78 is 0. The highest BCUT2D eigenvalue weighted by Gasteiger charge is 2.15. The SMILES string of the molecule is Cc1ccc(NCCCNC(=O)[C@@H](O)c2ccccc2)nc1. The molecule has 2 aromatic rings. The van der Waals surface area contributed by atoms with Crippen molar-refractivity contribution in [2.75, 3.05) is 18.4 Å². The average molecular weight is 299 g/mol. The zero-order valence-electron chi connectivity index (χ0n) is 12.6. The molecule has 0 aliphatic heterocycles. The van der Waals surface area contributed by atoms with Gasteiger partial charge < -0.3 is 15.7 Å². The third-order valence-corrected chi connectivity index (χ3v) is 3.23. The fourth-order valence-corrected chi connectivity index (χ4v) is 1.97. The number of anilines is 1. The molecular weight excluding hydrogens is 278 g/mol. The molecule has 1 aromatic carbocycles. The van der Waals surface area contributed by atoms with Gasteiger partial charge in [-0.2, -0.15) is 0 Å². The van der Waals surface area contributed by atoms with Crippen molar-refractivity contribution in [3.05, 3.63) is 59.8 Å². The molecule has 1 atom stereocenters. The first kappa shape index (κ1) is 16.0. The van der Waals surface area contributed by atoms with Crippen LogP contribution in [0.15, 0.2) is 48.7 Å². The number of carbonyl (C=O) groups excluding carboxylic acids is 1. The van der Waals surface area contributed by atoms with Gasteiger partial charge in [-0.1, -0.05) is 36.4 Å². The van der Waals surface area contributed by atoms with Crippen LogP contribution in [0.3, 0.4) is 0 Å².